The van der Waals surface area contributed by atoms with Crippen molar-refractivity contribution >= 4 is 11.4 Å². The molecule has 2 aromatic carbocycles. The minimum Gasteiger partial charge on any atom is -0.508 e. The number of nitrogen functional groups attached to an aromatic ring is 2. The summed E-state index contributed by atoms with van der Waals surface area (Å²) in [6.07, 6.45) is 0.222. The number of aromatic hydroxyl groups is 2. The highest BCUT2D eigenvalue weighted by molar-refractivity contribution is 5.68. The first-order valence-corrected chi connectivity index (χ1v) is 6.28. The van der Waals surface area contributed by atoms with Crippen LogP contribution in [-0.4, -0.2) is 24.4 Å². The van der Waals surface area contributed by atoms with Crippen LogP contribution in [-0.2, 0) is 6.42 Å². The molecule has 0 spiro atoms. The topological polar surface area (TPSA) is 111 Å². The van der Waals surface area contributed by atoms with Crippen LogP contribution < -0.4 is 20.9 Å². The fourth-order valence-corrected chi connectivity index (χ4v) is 2.19. The maximum atomic E-state index is 10.1. The number of hydrogen-bond donors (Lipinski definition) is 4. The Balaban J connectivity index is 2.48. The lowest BCUT2D eigenvalue weighted by atomic mass is 10.0. The first-order valence-electron chi connectivity index (χ1n) is 6.28. The number of benzene rings is 2. The highest BCUT2D eigenvalue weighted by Crippen LogP contribution is 2.39. The molecule has 6 N–H and O–H groups in total. The molecule has 0 amide bonds. The number of phenolic OH excluding ortho intramolecular Hbond substituents is 2. The monoisotopic (exact) mass is 290 g/mol. The molecular formula is C15H18N2O4. The zero-order chi connectivity index (χ0) is 15.6. The molecule has 21 heavy (non-hydrogen) atoms. The van der Waals surface area contributed by atoms with Gasteiger partial charge in [-0.25, -0.2) is 0 Å². The average Bonchev–Trinajstić information content (AvgIpc) is 2.48. The minimum absolute atomic E-state index is 0.0369. The first-order chi connectivity index (χ1) is 9.99. The standard InChI is InChI=1S/C15H18N2O4/c1-20-12-6-3-8(14(19)13(12)17)7-9-11(18)5-4-10(16)15(9)21-2/h3-6,18-19H,7,16-17H2,1-2H3. The van der Waals surface area contributed by atoms with E-state index in [1.165, 1.54) is 20.3 Å². The lowest BCUT2D eigenvalue weighted by molar-refractivity contribution is 0.401. The molecule has 6 heteroatoms. The number of nitrogens with two attached hydrogens (primary N) is 2. The van der Waals surface area contributed by atoms with Crippen LogP contribution in [0.2, 0.25) is 0 Å². The largest absolute Gasteiger partial charge is 0.508 e. The normalized spacial score (nSPS) is 10.4. The molecule has 0 aliphatic carbocycles. The summed E-state index contributed by atoms with van der Waals surface area (Å²) < 4.78 is 10.3. The summed E-state index contributed by atoms with van der Waals surface area (Å²) in [4.78, 5) is 0. The van der Waals surface area contributed by atoms with Crippen LogP contribution in [0.3, 0.4) is 0 Å². The second-order valence-electron chi connectivity index (χ2n) is 4.55. The quantitative estimate of drug-likeness (QED) is 0.388. The van der Waals surface area contributed by atoms with Gasteiger partial charge in [0.2, 0.25) is 0 Å². The Bertz CT molecular complexity index is 671. The van der Waals surface area contributed by atoms with Gasteiger partial charge in [-0.05, 0) is 18.2 Å². The lowest BCUT2D eigenvalue weighted by Crippen LogP contribution is -2.01. The molecular weight excluding hydrogens is 272 g/mol. The van der Waals surface area contributed by atoms with Crippen LogP contribution in [0.4, 0.5) is 11.4 Å². The van der Waals surface area contributed by atoms with E-state index in [4.69, 9.17) is 20.9 Å². The third-order valence-electron chi connectivity index (χ3n) is 3.32. The van der Waals surface area contributed by atoms with Crippen molar-refractivity contribution in [3.63, 3.8) is 0 Å². The van der Waals surface area contributed by atoms with Gasteiger partial charge in [-0.3, -0.25) is 0 Å². The van der Waals surface area contributed by atoms with Crippen LogP contribution in [0.1, 0.15) is 11.1 Å². The van der Waals surface area contributed by atoms with E-state index in [-0.39, 0.29) is 23.6 Å². The van der Waals surface area contributed by atoms with E-state index in [0.29, 0.717) is 28.3 Å². The van der Waals surface area contributed by atoms with E-state index in [2.05, 4.69) is 0 Å². The molecule has 2 rings (SSSR count). The molecule has 112 valence electrons. The van der Waals surface area contributed by atoms with Crippen molar-refractivity contribution < 1.29 is 19.7 Å². The van der Waals surface area contributed by atoms with Crippen LogP contribution >= 0.6 is 0 Å². The maximum absolute atomic E-state index is 10.1. The highest BCUT2D eigenvalue weighted by atomic mass is 16.5. The van der Waals surface area contributed by atoms with Gasteiger partial charge in [-0.2, -0.15) is 0 Å². The van der Waals surface area contributed by atoms with Crippen LogP contribution in [0.15, 0.2) is 24.3 Å². The summed E-state index contributed by atoms with van der Waals surface area (Å²) in [5.41, 5.74) is 13.2. The third kappa shape index (κ3) is 2.60. The van der Waals surface area contributed by atoms with Gasteiger partial charge in [0, 0.05) is 17.5 Å². The molecule has 0 aliphatic rings. The van der Waals surface area contributed by atoms with Gasteiger partial charge in [0.15, 0.2) is 0 Å². The summed E-state index contributed by atoms with van der Waals surface area (Å²) in [7, 11) is 2.94. The molecule has 0 aromatic heterocycles. The van der Waals surface area contributed by atoms with Crippen LogP contribution in [0.5, 0.6) is 23.0 Å². The zero-order valence-electron chi connectivity index (χ0n) is 11.9. The van der Waals surface area contributed by atoms with Gasteiger partial charge >= 0.3 is 0 Å². The molecule has 0 radical (unpaired) electrons. The fraction of sp³-hybridized carbons (Fsp3) is 0.200. The Morgan fingerprint density at radius 3 is 2.33 bits per heavy atom. The number of anilines is 2. The van der Waals surface area contributed by atoms with Crippen molar-refractivity contribution in [2.24, 2.45) is 0 Å². The van der Waals surface area contributed by atoms with Gasteiger partial charge in [-0.15, -0.1) is 0 Å². The molecule has 0 heterocycles. The number of ether oxygens (including phenoxy) is 2. The predicted octanol–water partition coefficient (Wildman–Crippen LogP) is 1.87. The molecule has 0 saturated heterocycles. The summed E-state index contributed by atoms with van der Waals surface area (Å²) in [6, 6.07) is 6.36. The second-order valence-corrected chi connectivity index (χ2v) is 4.55. The smallest absolute Gasteiger partial charge is 0.148 e. The summed E-state index contributed by atoms with van der Waals surface area (Å²) in [5.74, 6) is 0.719. The molecule has 0 unspecified atom stereocenters. The van der Waals surface area contributed by atoms with Crippen molar-refractivity contribution in [3.05, 3.63) is 35.4 Å². The Labute approximate surface area is 122 Å². The number of hydrogen-bond acceptors (Lipinski definition) is 6. The van der Waals surface area contributed by atoms with Gasteiger partial charge < -0.3 is 31.2 Å². The molecule has 0 aliphatic heterocycles. The van der Waals surface area contributed by atoms with Gasteiger partial charge in [-0.1, -0.05) is 6.07 Å². The van der Waals surface area contributed by atoms with Gasteiger partial charge in [0.25, 0.3) is 0 Å². The van der Waals surface area contributed by atoms with Gasteiger partial charge in [0.1, 0.15) is 28.7 Å². The Morgan fingerprint density at radius 1 is 1.00 bits per heavy atom. The van der Waals surface area contributed by atoms with E-state index in [1.807, 2.05) is 0 Å². The van der Waals surface area contributed by atoms with E-state index in [0.717, 1.165) is 0 Å². The zero-order valence-corrected chi connectivity index (χ0v) is 11.9. The Kier molecular flexibility index (Phi) is 3.98. The van der Waals surface area contributed by atoms with E-state index < -0.39 is 0 Å². The maximum Gasteiger partial charge on any atom is 0.148 e. The van der Waals surface area contributed by atoms with E-state index in [9.17, 15) is 10.2 Å². The summed E-state index contributed by atoms with van der Waals surface area (Å²) in [5, 5.41) is 20.1. The van der Waals surface area contributed by atoms with Crippen molar-refractivity contribution in [1.82, 2.24) is 0 Å². The van der Waals surface area contributed by atoms with Crippen LogP contribution in [0.25, 0.3) is 0 Å². The SMILES string of the molecule is COc1ccc(Cc2c(O)ccc(N)c2OC)c(O)c1N. The summed E-state index contributed by atoms with van der Waals surface area (Å²) in [6.45, 7) is 0. The Hall–Kier alpha value is -2.76. The molecule has 2 aromatic rings. The van der Waals surface area contributed by atoms with E-state index >= 15 is 0 Å². The molecule has 0 saturated carbocycles. The number of phenols is 2. The van der Waals surface area contributed by atoms with Crippen molar-refractivity contribution in [3.8, 4) is 23.0 Å². The predicted molar refractivity (Wildman–Crippen MR) is 80.9 cm³/mol. The first kappa shape index (κ1) is 14.6. The highest BCUT2D eigenvalue weighted by Gasteiger charge is 2.17. The van der Waals surface area contributed by atoms with Crippen molar-refractivity contribution in [1.29, 1.82) is 0 Å². The lowest BCUT2D eigenvalue weighted by Gasteiger charge is -2.15. The van der Waals surface area contributed by atoms with Crippen molar-refractivity contribution in [2.75, 3.05) is 25.7 Å². The Morgan fingerprint density at radius 2 is 1.71 bits per heavy atom. The molecule has 6 nitrogen and oxygen atoms in total. The summed E-state index contributed by atoms with van der Waals surface area (Å²) >= 11 is 0. The van der Waals surface area contributed by atoms with Crippen LogP contribution in [0, 0.1) is 0 Å². The van der Waals surface area contributed by atoms with Crippen molar-refractivity contribution in [2.45, 2.75) is 6.42 Å². The van der Waals surface area contributed by atoms with E-state index in [1.54, 1.807) is 18.2 Å². The molecule has 0 atom stereocenters. The van der Waals surface area contributed by atoms with Gasteiger partial charge in [0.05, 0.1) is 19.9 Å². The number of methoxy groups -OCH3 is 2. The number of rotatable bonds is 4. The molecule has 0 bridgehead atoms. The fourth-order valence-electron chi connectivity index (χ4n) is 2.19. The second kappa shape index (κ2) is 5.70. The molecule has 0 fully saturated rings. The third-order valence-corrected chi connectivity index (χ3v) is 3.32. The average molecular weight is 290 g/mol. The minimum atomic E-state index is -0.0850.